The molecule has 1 N–H and O–H groups in total. The number of piperazine rings is 1. The minimum Gasteiger partial charge on any atom is -0.461 e. The first-order valence-corrected chi connectivity index (χ1v) is 19.8. The van der Waals surface area contributed by atoms with Gasteiger partial charge in [0.2, 0.25) is 0 Å². The van der Waals surface area contributed by atoms with Crippen LogP contribution in [0.15, 0.2) is 24.3 Å². The van der Waals surface area contributed by atoms with Crippen molar-refractivity contribution < 1.29 is 54.5 Å². The molecule has 0 aliphatic carbocycles. The number of anilines is 2. The SMILES string of the molecule is CC(C)(C)OC(=O)Nc1cc(-c2cc3nc(OC[C@@]45CCCN4C[C@H](F)C5)nc(N4CC5CCC(C4)N5C(=O)OC(C)(C)C)c3cc2Cl)c(C(F)(F)F)c(C(F)(F)F)c1. The van der Waals surface area contributed by atoms with Gasteiger partial charge < -0.3 is 19.1 Å². The summed E-state index contributed by atoms with van der Waals surface area (Å²) in [6.45, 7) is 11.4. The van der Waals surface area contributed by atoms with Crippen LogP contribution >= 0.6 is 11.6 Å². The van der Waals surface area contributed by atoms with E-state index in [1.807, 2.05) is 9.80 Å². The van der Waals surface area contributed by atoms with Crippen molar-refractivity contribution in [2.75, 3.05) is 43.0 Å². The molecule has 3 aromatic rings. The van der Waals surface area contributed by atoms with Gasteiger partial charge in [0.15, 0.2) is 0 Å². The normalized spacial score (nSPS) is 23.8. The van der Waals surface area contributed by atoms with Gasteiger partial charge in [-0.3, -0.25) is 15.1 Å². The minimum atomic E-state index is -5.54. The summed E-state index contributed by atoms with van der Waals surface area (Å²) in [7, 11) is 0. The Morgan fingerprint density at radius 1 is 0.881 bits per heavy atom. The average molecular weight is 859 g/mol. The highest BCUT2D eigenvalue weighted by Crippen LogP contribution is 2.49. The van der Waals surface area contributed by atoms with Gasteiger partial charge in [0, 0.05) is 47.7 Å². The number of halogens is 8. The highest BCUT2D eigenvalue weighted by atomic mass is 35.5. The van der Waals surface area contributed by atoms with Crippen molar-refractivity contribution in [3.05, 3.63) is 40.4 Å². The first-order chi connectivity index (χ1) is 27.3. The number of carbonyl (C=O) groups excluding carboxylic acids is 2. The molecule has 19 heteroatoms. The maximum absolute atomic E-state index is 14.8. The molecule has 4 saturated heterocycles. The van der Waals surface area contributed by atoms with E-state index in [-0.39, 0.29) is 78.6 Å². The molecule has 5 heterocycles. The first-order valence-electron chi connectivity index (χ1n) is 19.4. The summed E-state index contributed by atoms with van der Waals surface area (Å²) in [5.74, 6) is 0.280. The predicted molar refractivity (Wildman–Crippen MR) is 205 cm³/mol. The van der Waals surface area contributed by atoms with Crippen LogP contribution in [0.3, 0.4) is 0 Å². The average Bonchev–Trinajstić information content (AvgIpc) is 3.70. The van der Waals surface area contributed by atoms with E-state index in [2.05, 4.69) is 10.3 Å². The summed E-state index contributed by atoms with van der Waals surface area (Å²) in [5.41, 5.74) is -8.57. The molecule has 59 heavy (non-hydrogen) atoms. The van der Waals surface area contributed by atoms with Gasteiger partial charge in [0.05, 0.1) is 34.3 Å². The van der Waals surface area contributed by atoms with Crippen molar-refractivity contribution in [1.29, 1.82) is 0 Å². The maximum Gasteiger partial charge on any atom is 0.417 e. The number of rotatable bonds is 6. The monoisotopic (exact) mass is 858 g/mol. The number of nitrogens with zero attached hydrogens (tertiary/aromatic N) is 5. The summed E-state index contributed by atoms with van der Waals surface area (Å²) in [4.78, 5) is 40.9. The third-order valence-corrected chi connectivity index (χ3v) is 11.3. The molecule has 0 spiro atoms. The van der Waals surface area contributed by atoms with Gasteiger partial charge in [0.1, 0.15) is 29.8 Å². The van der Waals surface area contributed by atoms with Gasteiger partial charge in [-0.2, -0.15) is 36.3 Å². The highest BCUT2D eigenvalue weighted by Gasteiger charge is 2.50. The molecular formula is C40H46ClF7N6O5. The van der Waals surface area contributed by atoms with Gasteiger partial charge in [0.25, 0.3) is 0 Å². The summed E-state index contributed by atoms with van der Waals surface area (Å²) >= 11 is 6.76. The number of aromatic nitrogens is 2. The second kappa shape index (κ2) is 15.0. The van der Waals surface area contributed by atoms with Crippen LogP contribution in [0, 0.1) is 0 Å². The molecule has 322 valence electrons. The van der Waals surface area contributed by atoms with E-state index in [4.69, 9.17) is 30.8 Å². The number of alkyl halides is 7. The van der Waals surface area contributed by atoms with E-state index >= 15 is 0 Å². The lowest BCUT2D eigenvalue weighted by Gasteiger charge is -2.42. The highest BCUT2D eigenvalue weighted by molar-refractivity contribution is 6.34. The van der Waals surface area contributed by atoms with Crippen molar-refractivity contribution in [3.8, 4) is 17.1 Å². The summed E-state index contributed by atoms with van der Waals surface area (Å²) in [6, 6.07) is 2.62. The zero-order valence-electron chi connectivity index (χ0n) is 33.4. The maximum atomic E-state index is 14.8. The van der Waals surface area contributed by atoms with Crippen LogP contribution in [0.1, 0.15) is 84.8 Å². The molecule has 11 nitrogen and oxygen atoms in total. The van der Waals surface area contributed by atoms with E-state index in [1.54, 1.807) is 25.7 Å². The molecule has 0 radical (unpaired) electrons. The first kappa shape index (κ1) is 42.8. The number of hydrogen-bond acceptors (Lipinski definition) is 9. The molecule has 4 fully saturated rings. The lowest BCUT2D eigenvalue weighted by atomic mass is 9.92. The summed E-state index contributed by atoms with van der Waals surface area (Å²) in [6.07, 6.45) is -10.7. The number of carbonyl (C=O) groups is 2. The largest absolute Gasteiger partial charge is 0.461 e. The van der Waals surface area contributed by atoms with Crippen LogP contribution in [-0.2, 0) is 21.8 Å². The Hall–Kier alpha value is -4.32. The molecule has 2 aromatic carbocycles. The summed E-state index contributed by atoms with van der Waals surface area (Å²) in [5, 5.41) is 2.03. The third kappa shape index (κ3) is 8.93. The topological polar surface area (TPSA) is 109 Å². The number of fused-ring (bicyclic) bond motifs is 4. The van der Waals surface area contributed by atoms with Crippen LogP contribution in [0.4, 0.5) is 51.8 Å². The van der Waals surface area contributed by atoms with Crippen molar-refractivity contribution in [2.24, 2.45) is 0 Å². The van der Waals surface area contributed by atoms with Gasteiger partial charge in [-0.15, -0.1) is 0 Å². The second-order valence-corrected chi connectivity index (χ2v) is 18.2. The third-order valence-electron chi connectivity index (χ3n) is 11.0. The van der Waals surface area contributed by atoms with Gasteiger partial charge >= 0.3 is 30.5 Å². The van der Waals surface area contributed by atoms with E-state index in [0.29, 0.717) is 25.8 Å². The lowest BCUT2D eigenvalue weighted by Crippen LogP contribution is -2.57. The van der Waals surface area contributed by atoms with Gasteiger partial charge in [-0.05, 0) is 104 Å². The number of ether oxygens (including phenoxy) is 3. The minimum absolute atomic E-state index is 0.00549. The molecule has 0 saturated carbocycles. The molecule has 2 bridgehead atoms. The zero-order chi connectivity index (χ0) is 43.0. The molecule has 4 aliphatic heterocycles. The smallest absolute Gasteiger partial charge is 0.417 e. The van der Waals surface area contributed by atoms with Crippen molar-refractivity contribution in [3.63, 3.8) is 0 Å². The molecule has 2 amide bonds. The van der Waals surface area contributed by atoms with E-state index in [1.165, 1.54) is 26.8 Å². The fourth-order valence-corrected chi connectivity index (χ4v) is 9.10. The fourth-order valence-electron chi connectivity index (χ4n) is 8.84. The van der Waals surface area contributed by atoms with Crippen LogP contribution in [0.25, 0.3) is 22.0 Å². The number of nitrogens with one attached hydrogen (secondary N) is 1. The van der Waals surface area contributed by atoms with Crippen LogP contribution in [-0.4, -0.2) is 99.7 Å². The van der Waals surface area contributed by atoms with E-state index in [0.717, 1.165) is 18.6 Å². The van der Waals surface area contributed by atoms with Crippen molar-refractivity contribution >= 4 is 46.2 Å². The predicted octanol–water partition coefficient (Wildman–Crippen LogP) is 9.88. The Morgan fingerprint density at radius 3 is 2.15 bits per heavy atom. The van der Waals surface area contributed by atoms with Crippen molar-refractivity contribution in [2.45, 2.75) is 121 Å². The molecule has 1 aromatic heterocycles. The van der Waals surface area contributed by atoms with Gasteiger partial charge in [-0.25, -0.2) is 14.0 Å². The van der Waals surface area contributed by atoms with Gasteiger partial charge in [-0.1, -0.05) is 11.6 Å². The van der Waals surface area contributed by atoms with Crippen molar-refractivity contribution in [1.82, 2.24) is 19.8 Å². The Bertz CT molecular complexity index is 2130. The summed E-state index contributed by atoms with van der Waals surface area (Å²) < 4.78 is 120. The Kier molecular flexibility index (Phi) is 10.9. The Balaban J connectivity index is 1.35. The van der Waals surface area contributed by atoms with Crippen LogP contribution in [0.2, 0.25) is 5.02 Å². The fraction of sp³-hybridized carbons (Fsp3) is 0.600. The van der Waals surface area contributed by atoms with E-state index < -0.39 is 75.4 Å². The lowest BCUT2D eigenvalue weighted by molar-refractivity contribution is -0.161. The molecular weight excluding hydrogens is 813 g/mol. The molecule has 4 atom stereocenters. The van der Waals surface area contributed by atoms with Crippen LogP contribution < -0.4 is 15.0 Å². The Labute approximate surface area is 341 Å². The zero-order valence-corrected chi connectivity index (χ0v) is 34.2. The molecule has 4 aliphatic rings. The number of benzene rings is 2. The second-order valence-electron chi connectivity index (χ2n) is 17.8. The quantitative estimate of drug-likeness (QED) is 0.243. The molecule has 7 rings (SSSR count). The van der Waals surface area contributed by atoms with Crippen LogP contribution in [0.5, 0.6) is 6.01 Å². The Morgan fingerprint density at radius 2 is 1.54 bits per heavy atom. The number of amides is 2. The van der Waals surface area contributed by atoms with E-state index in [9.17, 15) is 40.3 Å². The standard InChI is InChI=1S/C40H46ClF7N6O5/c1-36(2,3)58-34(55)49-22-12-26(31(40(46,47)48)28(13-22)39(43,44)45)25-15-30-27(14-29(25)41)32(51-33(50-30)57-20-38-10-7-11-53(38)17-21(42)16-38)52-18-23-8-9-24(19-52)54(23)35(56)59-37(4,5)6/h12-15,21,23-24H,7-11,16-20H2,1-6H3,(H,49,55)/t21-,23?,24?,38+/m1/s1. The number of hydrogen-bond donors (Lipinski definition) is 1. The molecule has 2 unspecified atom stereocenters.